The van der Waals surface area contributed by atoms with Crippen molar-refractivity contribution in [3.63, 3.8) is 0 Å². The van der Waals surface area contributed by atoms with Gasteiger partial charge in [-0.2, -0.15) is 4.98 Å². The lowest BCUT2D eigenvalue weighted by Crippen LogP contribution is -2.00. The number of benzene rings is 1. The molecule has 3 heterocycles. The summed E-state index contributed by atoms with van der Waals surface area (Å²) in [6, 6.07) is 9.16. The molecule has 0 spiro atoms. The fraction of sp³-hybridized carbons (Fsp3) is 0.158. The number of furan rings is 1. The number of hydrogen-bond acceptors (Lipinski definition) is 7. The van der Waals surface area contributed by atoms with Crippen molar-refractivity contribution in [1.29, 1.82) is 0 Å². The van der Waals surface area contributed by atoms with Gasteiger partial charge in [0.1, 0.15) is 5.76 Å². The van der Waals surface area contributed by atoms with Gasteiger partial charge in [-0.05, 0) is 37.3 Å². The minimum Gasteiger partial charge on any atom is -0.469 e. The van der Waals surface area contributed by atoms with Gasteiger partial charge in [0, 0.05) is 17.1 Å². The molecule has 0 atom stereocenters. The molecular weight excluding hydrogens is 398 g/mol. The first-order valence-electron chi connectivity index (χ1n) is 8.45. The van der Waals surface area contributed by atoms with Crippen LogP contribution in [0.2, 0.25) is 5.02 Å². The second kappa shape index (κ2) is 8.04. The standard InChI is InChI=1S/C19H16ClN5O2S/c1-3-9-25-18(15-8-10-26-12(15)2)22-23-19(25)28-11-16-21-17(24-27-16)13-4-6-14(20)7-5-13/h3-8,10H,1,9,11H2,2H3. The Morgan fingerprint density at radius 1 is 1.21 bits per heavy atom. The number of halogens is 1. The van der Waals surface area contributed by atoms with Gasteiger partial charge >= 0.3 is 0 Å². The Hall–Kier alpha value is -2.84. The van der Waals surface area contributed by atoms with E-state index in [2.05, 4.69) is 26.9 Å². The molecular formula is C19H16ClN5O2S. The molecule has 142 valence electrons. The lowest BCUT2D eigenvalue weighted by atomic mass is 10.2. The highest BCUT2D eigenvalue weighted by molar-refractivity contribution is 7.98. The fourth-order valence-corrected chi connectivity index (χ4v) is 3.57. The number of nitrogens with zero attached hydrogens (tertiary/aromatic N) is 5. The summed E-state index contributed by atoms with van der Waals surface area (Å²) in [4.78, 5) is 4.44. The minimum absolute atomic E-state index is 0.472. The van der Waals surface area contributed by atoms with E-state index < -0.39 is 0 Å². The van der Waals surface area contributed by atoms with Crippen molar-refractivity contribution in [2.24, 2.45) is 0 Å². The predicted octanol–water partition coefficient (Wildman–Crippen LogP) is 5.03. The molecule has 0 unspecified atom stereocenters. The molecule has 0 radical (unpaired) electrons. The lowest BCUT2D eigenvalue weighted by molar-refractivity contribution is 0.391. The molecule has 9 heteroatoms. The van der Waals surface area contributed by atoms with Gasteiger partial charge < -0.3 is 8.94 Å². The van der Waals surface area contributed by atoms with E-state index in [1.54, 1.807) is 24.5 Å². The number of thioether (sulfide) groups is 1. The summed E-state index contributed by atoms with van der Waals surface area (Å²) in [7, 11) is 0. The van der Waals surface area contributed by atoms with Gasteiger partial charge in [-0.15, -0.1) is 16.8 Å². The van der Waals surface area contributed by atoms with Gasteiger partial charge in [-0.1, -0.05) is 34.6 Å². The smallest absolute Gasteiger partial charge is 0.237 e. The monoisotopic (exact) mass is 413 g/mol. The van der Waals surface area contributed by atoms with Gasteiger partial charge in [0.05, 0.1) is 17.6 Å². The lowest BCUT2D eigenvalue weighted by Gasteiger charge is -2.06. The van der Waals surface area contributed by atoms with Crippen LogP contribution in [0.15, 0.2) is 63.3 Å². The van der Waals surface area contributed by atoms with E-state index in [1.165, 1.54) is 11.8 Å². The Labute approximate surface area is 170 Å². The number of hydrogen-bond donors (Lipinski definition) is 0. The maximum atomic E-state index is 5.92. The van der Waals surface area contributed by atoms with Gasteiger partial charge in [0.15, 0.2) is 11.0 Å². The SMILES string of the molecule is C=CCn1c(SCc2nc(-c3ccc(Cl)cc3)no2)nnc1-c1ccoc1C. The van der Waals surface area contributed by atoms with Crippen LogP contribution < -0.4 is 0 Å². The molecule has 0 saturated heterocycles. The highest BCUT2D eigenvalue weighted by Crippen LogP contribution is 2.29. The van der Waals surface area contributed by atoms with E-state index in [9.17, 15) is 0 Å². The van der Waals surface area contributed by atoms with Crippen LogP contribution in [0.5, 0.6) is 0 Å². The summed E-state index contributed by atoms with van der Waals surface area (Å²) in [5.74, 6) is 3.03. The van der Waals surface area contributed by atoms with E-state index >= 15 is 0 Å². The van der Waals surface area contributed by atoms with Crippen LogP contribution in [0.25, 0.3) is 22.8 Å². The summed E-state index contributed by atoms with van der Waals surface area (Å²) in [5, 5.41) is 14.0. The zero-order valence-corrected chi connectivity index (χ0v) is 16.6. The number of rotatable bonds is 7. The Bertz CT molecular complexity index is 1100. The van der Waals surface area contributed by atoms with Crippen LogP contribution in [0.1, 0.15) is 11.7 Å². The Balaban J connectivity index is 1.52. The fourth-order valence-electron chi connectivity index (χ4n) is 2.66. The highest BCUT2D eigenvalue weighted by Gasteiger charge is 2.18. The topological polar surface area (TPSA) is 82.8 Å². The molecule has 4 rings (SSSR count). The molecule has 0 amide bonds. The molecule has 28 heavy (non-hydrogen) atoms. The molecule has 7 nitrogen and oxygen atoms in total. The summed E-state index contributed by atoms with van der Waals surface area (Å²) in [5.41, 5.74) is 1.75. The van der Waals surface area contributed by atoms with Gasteiger partial charge in [-0.3, -0.25) is 4.57 Å². The number of aromatic nitrogens is 5. The molecule has 0 N–H and O–H groups in total. The second-order valence-corrected chi connectivity index (χ2v) is 7.28. The number of allylic oxidation sites excluding steroid dienone is 1. The van der Waals surface area contributed by atoms with Gasteiger partial charge in [0.25, 0.3) is 0 Å². The van der Waals surface area contributed by atoms with Crippen molar-refractivity contribution in [3.8, 4) is 22.8 Å². The molecule has 0 aliphatic carbocycles. The summed E-state index contributed by atoms with van der Waals surface area (Å²) < 4.78 is 12.7. The average molecular weight is 414 g/mol. The minimum atomic E-state index is 0.472. The van der Waals surface area contributed by atoms with E-state index in [-0.39, 0.29) is 0 Å². The van der Waals surface area contributed by atoms with Crippen LogP contribution in [0.3, 0.4) is 0 Å². The first-order valence-corrected chi connectivity index (χ1v) is 9.82. The van der Waals surface area contributed by atoms with Crippen molar-refractivity contribution in [1.82, 2.24) is 24.9 Å². The van der Waals surface area contributed by atoms with Crippen molar-refractivity contribution < 1.29 is 8.94 Å². The summed E-state index contributed by atoms with van der Waals surface area (Å²) in [6.45, 7) is 6.30. The first kappa shape index (κ1) is 18.5. The molecule has 0 aliphatic heterocycles. The first-order chi connectivity index (χ1) is 13.7. The van der Waals surface area contributed by atoms with E-state index in [4.69, 9.17) is 20.5 Å². The number of aryl methyl sites for hydroxylation is 1. The molecule has 0 fully saturated rings. The van der Waals surface area contributed by atoms with Crippen LogP contribution in [-0.2, 0) is 12.3 Å². The Kier molecular flexibility index (Phi) is 5.31. The van der Waals surface area contributed by atoms with Crippen molar-refractivity contribution in [3.05, 3.63) is 65.9 Å². The van der Waals surface area contributed by atoms with Crippen molar-refractivity contribution >= 4 is 23.4 Å². The van der Waals surface area contributed by atoms with Crippen LogP contribution in [0, 0.1) is 6.92 Å². The molecule has 3 aromatic heterocycles. The third-order valence-corrected chi connectivity index (χ3v) is 5.23. The highest BCUT2D eigenvalue weighted by atomic mass is 35.5. The zero-order chi connectivity index (χ0) is 19.5. The van der Waals surface area contributed by atoms with Crippen LogP contribution in [0.4, 0.5) is 0 Å². The molecule has 0 aliphatic rings. The third-order valence-electron chi connectivity index (χ3n) is 4.02. The molecule has 1 aromatic carbocycles. The van der Waals surface area contributed by atoms with E-state index in [1.807, 2.05) is 29.7 Å². The molecule has 0 saturated carbocycles. The predicted molar refractivity (Wildman–Crippen MR) is 107 cm³/mol. The third kappa shape index (κ3) is 3.74. The van der Waals surface area contributed by atoms with Crippen molar-refractivity contribution in [2.45, 2.75) is 24.4 Å². The Morgan fingerprint density at radius 3 is 2.75 bits per heavy atom. The van der Waals surface area contributed by atoms with E-state index in [0.29, 0.717) is 29.0 Å². The molecule has 4 aromatic rings. The van der Waals surface area contributed by atoms with Gasteiger partial charge in [0.2, 0.25) is 11.7 Å². The Morgan fingerprint density at radius 2 is 2.04 bits per heavy atom. The maximum Gasteiger partial charge on any atom is 0.237 e. The van der Waals surface area contributed by atoms with Crippen LogP contribution in [-0.4, -0.2) is 24.9 Å². The summed E-state index contributed by atoms with van der Waals surface area (Å²) >= 11 is 7.38. The summed E-state index contributed by atoms with van der Waals surface area (Å²) in [6.07, 6.45) is 3.44. The largest absolute Gasteiger partial charge is 0.469 e. The van der Waals surface area contributed by atoms with Crippen molar-refractivity contribution in [2.75, 3.05) is 0 Å². The average Bonchev–Trinajstić information content (AvgIpc) is 3.41. The van der Waals surface area contributed by atoms with Crippen LogP contribution >= 0.6 is 23.4 Å². The normalized spacial score (nSPS) is 11.1. The second-order valence-electron chi connectivity index (χ2n) is 5.90. The van der Waals surface area contributed by atoms with Gasteiger partial charge in [-0.25, -0.2) is 0 Å². The quantitative estimate of drug-likeness (QED) is 0.310. The zero-order valence-electron chi connectivity index (χ0n) is 15.0. The van der Waals surface area contributed by atoms with E-state index in [0.717, 1.165) is 27.9 Å². The maximum absolute atomic E-state index is 5.92. The molecule has 0 bridgehead atoms.